The van der Waals surface area contributed by atoms with Crippen LogP contribution in [0.1, 0.15) is 35.9 Å². The fourth-order valence-corrected chi connectivity index (χ4v) is 2.79. The minimum Gasteiger partial charge on any atom is -0.423 e. The van der Waals surface area contributed by atoms with Crippen LogP contribution in [0.3, 0.4) is 0 Å². The van der Waals surface area contributed by atoms with Crippen LogP contribution in [0.5, 0.6) is 0 Å². The Morgan fingerprint density at radius 2 is 2.13 bits per heavy atom. The van der Waals surface area contributed by atoms with Gasteiger partial charge in [-0.2, -0.15) is 5.26 Å². The molecule has 3 heterocycles. The lowest BCUT2D eigenvalue weighted by Crippen LogP contribution is -2.43. The van der Waals surface area contributed by atoms with Crippen LogP contribution in [0.2, 0.25) is 5.02 Å². The van der Waals surface area contributed by atoms with Crippen LogP contribution in [0.25, 0.3) is 0 Å². The number of ether oxygens (including phenoxy) is 1. The summed E-state index contributed by atoms with van der Waals surface area (Å²) in [6.45, 7) is 6.60. The molecule has 7 nitrogen and oxygen atoms in total. The molecule has 0 aromatic carbocycles. The maximum absolute atomic E-state index is 9.46. The van der Waals surface area contributed by atoms with E-state index in [1.54, 1.807) is 13.1 Å². The predicted octanol–water partition coefficient (Wildman–Crippen LogP) is 2.57. The second-order valence-corrected chi connectivity index (χ2v) is 5.95. The first-order valence-corrected chi connectivity index (χ1v) is 7.63. The van der Waals surface area contributed by atoms with E-state index in [-0.39, 0.29) is 12.2 Å². The molecule has 0 amide bonds. The molecule has 2 aromatic heterocycles. The maximum atomic E-state index is 9.46. The molecule has 8 heteroatoms. The van der Waals surface area contributed by atoms with Gasteiger partial charge in [0.25, 0.3) is 0 Å². The number of halogens is 1. The molecule has 0 saturated carbocycles. The number of nitrogens with zero attached hydrogens (tertiary/aromatic N) is 5. The highest BCUT2D eigenvalue weighted by atomic mass is 35.5. The molecular weight excluding hydrogens is 318 g/mol. The molecule has 0 N–H and O–H groups in total. The van der Waals surface area contributed by atoms with Crippen molar-refractivity contribution < 1.29 is 9.15 Å². The lowest BCUT2D eigenvalue weighted by Gasteiger charge is -2.36. The second-order valence-electron chi connectivity index (χ2n) is 5.54. The molecule has 1 aliphatic rings. The average molecular weight is 334 g/mol. The second kappa shape index (κ2) is 6.14. The van der Waals surface area contributed by atoms with E-state index in [0.717, 1.165) is 5.56 Å². The maximum Gasteiger partial charge on any atom is 0.247 e. The molecule has 0 radical (unpaired) electrons. The largest absolute Gasteiger partial charge is 0.423 e. The Morgan fingerprint density at radius 3 is 2.78 bits per heavy atom. The first kappa shape index (κ1) is 15.7. The van der Waals surface area contributed by atoms with Gasteiger partial charge in [-0.3, -0.25) is 0 Å². The van der Waals surface area contributed by atoms with Crippen molar-refractivity contribution in [1.29, 1.82) is 5.26 Å². The topological polar surface area (TPSA) is 88.1 Å². The zero-order chi connectivity index (χ0) is 16.6. The Morgan fingerprint density at radius 1 is 1.35 bits per heavy atom. The lowest BCUT2D eigenvalue weighted by atomic mass is 10.1. The zero-order valence-corrected chi connectivity index (χ0v) is 13.8. The van der Waals surface area contributed by atoms with Gasteiger partial charge in [-0.05, 0) is 19.4 Å². The third-order valence-electron chi connectivity index (χ3n) is 3.75. The van der Waals surface area contributed by atoms with Gasteiger partial charge >= 0.3 is 0 Å². The Hall–Kier alpha value is -2.17. The van der Waals surface area contributed by atoms with Crippen LogP contribution in [0, 0.1) is 25.2 Å². The van der Waals surface area contributed by atoms with Crippen LogP contribution >= 0.6 is 11.6 Å². The summed E-state index contributed by atoms with van der Waals surface area (Å²) in [5.41, 5.74) is 1.20. The van der Waals surface area contributed by atoms with Gasteiger partial charge in [-0.1, -0.05) is 11.6 Å². The SMILES string of the molecule is Cc1nnc([C@H]2CN(c3ncc(Cl)c(C)c3C#N)C[C@@H](C)O2)o1. The van der Waals surface area contributed by atoms with Crippen molar-refractivity contribution >= 4 is 17.4 Å². The van der Waals surface area contributed by atoms with Crippen LogP contribution < -0.4 is 4.90 Å². The molecule has 0 aliphatic carbocycles. The molecule has 120 valence electrons. The van der Waals surface area contributed by atoms with Crippen molar-refractivity contribution in [2.75, 3.05) is 18.0 Å². The van der Waals surface area contributed by atoms with Gasteiger partial charge in [0.05, 0.1) is 23.2 Å². The summed E-state index contributed by atoms with van der Waals surface area (Å²) in [7, 11) is 0. The van der Waals surface area contributed by atoms with Gasteiger partial charge in [0, 0.05) is 19.7 Å². The van der Waals surface area contributed by atoms with E-state index in [9.17, 15) is 5.26 Å². The summed E-state index contributed by atoms with van der Waals surface area (Å²) in [6.07, 6.45) is 1.15. The Kier molecular flexibility index (Phi) is 4.20. The van der Waals surface area contributed by atoms with Crippen LogP contribution in [-0.4, -0.2) is 34.4 Å². The fraction of sp³-hybridized carbons (Fsp3) is 0.467. The van der Waals surface area contributed by atoms with E-state index < -0.39 is 0 Å². The molecule has 0 bridgehead atoms. The van der Waals surface area contributed by atoms with E-state index in [0.29, 0.717) is 41.3 Å². The summed E-state index contributed by atoms with van der Waals surface area (Å²) in [5, 5.41) is 17.8. The minimum atomic E-state index is -0.357. The van der Waals surface area contributed by atoms with Crippen molar-refractivity contribution in [3.8, 4) is 6.07 Å². The van der Waals surface area contributed by atoms with E-state index in [2.05, 4.69) is 21.3 Å². The van der Waals surface area contributed by atoms with Gasteiger partial charge < -0.3 is 14.1 Å². The third-order valence-corrected chi connectivity index (χ3v) is 4.13. The molecule has 2 atom stereocenters. The first-order chi connectivity index (χ1) is 11.0. The third kappa shape index (κ3) is 3.00. The summed E-state index contributed by atoms with van der Waals surface area (Å²) < 4.78 is 11.4. The van der Waals surface area contributed by atoms with Crippen LogP contribution in [0.15, 0.2) is 10.6 Å². The standard InChI is InChI=1S/C15H16ClN5O2/c1-8-6-21(7-13(22-8)15-20-19-10(3)23-15)14-11(4-17)9(2)12(16)5-18-14/h5,8,13H,6-7H2,1-3H3/t8-,13-/m1/s1. The van der Waals surface area contributed by atoms with Gasteiger partial charge in [0.15, 0.2) is 6.10 Å². The smallest absolute Gasteiger partial charge is 0.247 e. The van der Waals surface area contributed by atoms with Crippen molar-refractivity contribution in [2.45, 2.75) is 33.0 Å². The van der Waals surface area contributed by atoms with Crippen molar-refractivity contribution in [3.05, 3.63) is 34.1 Å². The average Bonchev–Trinajstić information content (AvgIpc) is 2.96. The summed E-state index contributed by atoms with van der Waals surface area (Å²) in [5.74, 6) is 1.53. The number of anilines is 1. The molecule has 1 aliphatic heterocycles. The van der Waals surface area contributed by atoms with Crippen molar-refractivity contribution in [1.82, 2.24) is 15.2 Å². The predicted molar refractivity (Wildman–Crippen MR) is 83.2 cm³/mol. The number of rotatable bonds is 2. The van der Waals surface area contributed by atoms with Gasteiger partial charge in [-0.25, -0.2) is 4.98 Å². The van der Waals surface area contributed by atoms with Gasteiger partial charge in [0.2, 0.25) is 11.8 Å². The zero-order valence-electron chi connectivity index (χ0n) is 13.1. The highest BCUT2D eigenvalue weighted by Crippen LogP contribution is 2.31. The van der Waals surface area contributed by atoms with E-state index >= 15 is 0 Å². The van der Waals surface area contributed by atoms with Crippen LogP contribution in [-0.2, 0) is 4.74 Å². The summed E-state index contributed by atoms with van der Waals surface area (Å²) in [6, 6.07) is 2.19. The Labute approximate surface area is 138 Å². The van der Waals surface area contributed by atoms with Crippen molar-refractivity contribution in [2.24, 2.45) is 0 Å². The van der Waals surface area contributed by atoms with E-state index in [1.807, 2.05) is 18.7 Å². The molecule has 2 aromatic rings. The summed E-state index contributed by atoms with van der Waals surface area (Å²) in [4.78, 5) is 6.35. The number of hydrogen-bond acceptors (Lipinski definition) is 7. The summed E-state index contributed by atoms with van der Waals surface area (Å²) >= 11 is 6.07. The molecule has 3 rings (SSSR count). The number of hydrogen-bond donors (Lipinski definition) is 0. The molecule has 0 unspecified atom stereocenters. The minimum absolute atomic E-state index is 0.0646. The number of morpholine rings is 1. The highest BCUT2D eigenvalue weighted by molar-refractivity contribution is 6.31. The molecule has 0 spiro atoms. The molecule has 23 heavy (non-hydrogen) atoms. The number of aryl methyl sites for hydroxylation is 1. The number of pyridine rings is 1. The fourth-order valence-electron chi connectivity index (χ4n) is 2.64. The van der Waals surface area contributed by atoms with Gasteiger partial charge in [-0.15, -0.1) is 10.2 Å². The van der Waals surface area contributed by atoms with Crippen LogP contribution in [0.4, 0.5) is 5.82 Å². The van der Waals surface area contributed by atoms with Gasteiger partial charge in [0.1, 0.15) is 11.9 Å². The molecule has 1 saturated heterocycles. The van der Waals surface area contributed by atoms with E-state index in [1.165, 1.54) is 0 Å². The van der Waals surface area contributed by atoms with E-state index in [4.69, 9.17) is 20.8 Å². The van der Waals surface area contributed by atoms with Crippen molar-refractivity contribution in [3.63, 3.8) is 0 Å². The Balaban J connectivity index is 1.94. The Bertz CT molecular complexity index is 770. The number of nitriles is 1. The normalized spacial score (nSPS) is 21.3. The highest BCUT2D eigenvalue weighted by Gasteiger charge is 2.32. The quantitative estimate of drug-likeness (QED) is 0.834. The lowest BCUT2D eigenvalue weighted by molar-refractivity contribution is -0.0314. The molecular formula is C15H16ClN5O2. The number of aromatic nitrogens is 3. The first-order valence-electron chi connectivity index (χ1n) is 7.25. The molecule has 1 fully saturated rings. The monoisotopic (exact) mass is 333 g/mol.